The first-order valence-electron chi connectivity index (χ1n) is 8.16. The fraction of sp³-hybridized carbons (Fsp3) is 0.333. The Hall–Kier alpha value is -2.29. The van der Waals surface area contributed by atoms with Gasteiger partial charge in [-0.2, -0.15) is 0 Å². The zero-order chi connectivity index (χ0) is 18.9. The fourth-order valence-electron chi connectivity index (χ4n) is 2.23. The summed E-state index contributed by atoms with van der Waals surface area (Å²) < 4.78 is 18.1. The Kier molecular flexibility index (Phi) is 7.71. The largest absolute Gasteiger partial charge is 0.383 e. The van der Waals surface area contributed by atoms with E-state index in [-0.39, 0.29) is 11.5 Å². The van der Waals surface area contributed by atoms with Gasteiger partial charge in [0.1, 0.15) is 5.82 Å². The van der Waals surface area contributed by atoms with Crippen LogP contribution in [0.1, 0.15) is 25.6 Å². The van der Waals surface area contributed by atoms with Gasteiger partial charge in [0.15, 0.2) is 0 Å². The molecule has 0 aliphatic rings. The summed E-state index contributed by atoms with van der Waals surface area (Å²) >= 11 is 1.19. The van der Waals surface area contributed by atoms with Crippen LogP contribution in [0.15, 0.2) is 30.3 Å². The molecule has 0 unspecified atom stereocenters. The van der Waals surface area contributed by atoms with E-state index in [9.17, 15) is 14.0 Å². The van der Waals surface area contributed by atoms with Gasteiger partial charge in [-0.1, -0.05) is 6.07 Å². The summed E-state index contributed by atoms with van der Waals surface area (Å²) in [6.07, 6.45) is 0. The Morgan fingerprint density at radius 2 is 1.96 bits per heavy atom. The molecule has 0 aliphatic carbocycles. The Balaban J connectivity index is 1.89. The van der Waals surface area contributed by atoms with E-state index in [0.717, 1.165) is 12.1 Å². The van der Waals surface area contributed by atoms with Crippen LogP contribution in [0.5, 0.6) is 0 Å². The molecular weight excluding hydrogens is 357 g/mol. The third-order valence-corrected chi connectivity index (χ3v) is 4.67. The van der Waals surface area contributed by atoms with Crippen LogP contribution in [0.4, 0.5) is 9.39 Å². The average Bonchev–Trinajstić information content (AvgIpc) is 2.98. The molecule has 2 amide bonds. The molecule has 140 valence electrons. The Morgan fingerprint density at radius 1 is 1.15 bits per heavy atom. The number of hydrogen-bond donors (Lipinski definition) is 3. The highest BCUT2D eigenvalue weighted by Crippen LogP contribution is 2.27. The van der Waals surface area contributed by atoms with Crippen molar-refractivity contribution in [1.29, 1.82) is 0 Å². The fourth-order valence-corrected chi connectivity index (χ4v) is 3.21. The topological polar surface area (TPSA) is 79.5 Å². The van der Waals surface area contributed by atoms with Crippen LogP contribution in [0.25, 0.3) is 0 Å². The molecular formula is C18H22FN3O3S. The summed E-state index contributed by atoms with van der Waals surface area (Å²) in [5, 5.41) is 9.21. The Bertz CT molecular complexity index is 764. The number of anilines is 1. The first-order valence-corrected chi connectivity index (χ1v) is 8.98. The highest BCUT2D eigenvalue weighted by molar-refractivity contribution is 7.18. The highest BCUT2D eigenvalue weighted by Gasteiger charge is 2.15. The van der Waals surface area contributed by atoms with Crippen LogP contribution in [0.2, 0.25) is 0 Å². The first kappa shape index (κ1) is 20.0. The molecule has 2 aromatic rings. The number of rotatable bonds is 9. The third kappa shape index (κ3) is 5.91. The van der Waals surface area contributed by atoms with Gasteiger partial charge in [-0.05, 0) is 36.8 Å². The van der Waals surface area contributed by atoms with E-state index in [1.807, 2.05) is 0 Å². The number of aryl methyl sites for hydroxylation is 1. The summed E-state index contributed by atoms with van der Waals surface area (Å²) in [6.45, 7) is 4.28. The molecule has 8 heteroatoms. The normalized spacial score (nSPS) is 10.6. The number of carbonyl (C=O) groups is 2. The summed E-state index contributed by atoms with van der Waals surface area (Å²) in [7, 11) is 1.63. The number of nitrogens with one attached hydrogen (secondary N) is 3. The van der Waals surface area contributed by atoms with E-state index in [1.54, 1.807) is 20.1 Å². The molecule has 1 aromatic heterocycles. The molecule has 26 heavy (non-hydrogen) atoms. The number of carbonyl (C=O) groups excluding carboxylic acids is 2. The highest BCUT2D eigenvalue weighted by atomic mass is 32.1. The molecule has 0 spiro atoms. The first-order chi connectivity index (χ1) is 12.5. The summed E-state index contributed by atoms with van der Waals surface area (Å²) in [6, 6.07) is 7.18. The van der Waals surface area contributed by atoms with Crippen molar-refractivity contribution < 1.29 is 18.7 Å². The number of ether oxygens (including phenoxy) is 1. The third-order valence-electron chi connectivity index (χ3n) is 3.52. The minimum absolute atomic E-state index is 0.188. The number of benzene rings is 1. The molecule has 0 radical (unpaired) electrons. The number of halogens is 1. The van der Waals surface area contributed by atoms with Crippen molar-refractivity contribution in [2.45, 2.75) is 6.92 Å². The number of hydrogen-bond acceptors (Lipinski definition) is 5. The van der Waals surface area contributed by atoms with E-state index < -0.39 is 11.7 Å². The lowest BCUT2D eigenvalue weighted by molar-refractivity contribution is 0.0956. The van der Waals surface area contributed by atoms with E-state index in [0.29, 0.717) is 29.6 Å². The molecule has 0 fully saturated rings. The van der Waals surface area contributed by atoms with Gasteiger partial charge in [0, 0.05) is 32.3 Å². The zero-order valence-corrected chi connectivity index (χ0v) is 15.5. The predicted molar refractivity (Wildman–Crippen MR) is 100 cm³/mol. The van der Waals surface area contributed by atoms with Crippen molar-refractivity contribution in [2.24, 2.45) is 0 Å². The van der Waals surface area contributed by atoms with Crippen LogP contribution >= 0.6 is 11.3 Å². The predicted octanol–water partition coefficient (Wildman–Crippen LogP) is 2.41. The van der Waals surface area contributed by atoms with E-state index in [1.165, 1.54) is 35.6 Å². The standard InChI is InChI=1S/C18H22FN3O3S/c1-12-10-15(22-17(23)13-4-3-5-14(19)11-13)26-16(12)18(24)21-7-6-20-8-9-25-2/h3-5,10-11,20H,6-9H2,1-2H3,(H,21,24)(H,22,23). The van der Waals surface area contributed by atoms with Crippen LogP contribution < -0.4 is 16.0 Å². The van der Waals surface area contributed by atoms with Crippen molar-refractivity contribution in [3.05, 3.63) is 52.2 Å². The van der Waals surface area contributed by atoms with E-state index in [4.69, 9.17) is 4.74 Å². The summed E-state index contributed by atoms with van der Waals surface area (Å²) in [5.74, 6) is -1.08. The molecule has 0 atom stereocenters. The smallest absolute Gasteiger partial charge is 0.261 e. The molecule has 0 saturated carbocycles. The molecule has 0 saturated heterocycles. The zero-order valence-electron chi connectivity index (χ0n) is 14.7. The average molecular weight is 379 g/mol. The summed E-state index contributed by atoms with van der Waals surface area (Å²) in [5.41, 5.74) is 0.999. The van der Waals surface area contributed by atoms with Gasteiger partial charge in [-0.3, -0.25) is 9.59 Å². The van der Waals surface area contributed by atoms with Gasteiger partial charge in [0.2, 0.25) is 0 Å². The second-order valence-electron chi connectivity index (χ2n) is 5.59. The van der Waals surface area contributed by atoms with Crippen LogP contribution in [-0.4, -0.2) is 45.2 Å². The van der Waals surface area contributed by atoms with Gasteiger partial charge >= 0.3 is 0 Å². The lowest BCUT2D eigenvalue weighted by atomic mass is 10.2. The van der Waals surface area contributed by atoms with Crippen LogP contribution in [0, 0.1) is 12.7 Å². The lowest BCUT2D eigenvalue weighted by Gasteiger charge is -2.06. The molecule has 1 heterocycles. The lowest BCUT2D eigenvalue weighted by Crippen LogP contribution is -2.32. The van der Waals surface area contributed by atoms with Gasteiger partial charge in [-0.25, -0.2) is 4.39 Å². The number of methoxy groups -OCH3 is 1. The number of thiophene rings is 1. The molecule has 3 N–H and O–H groups in total. The molecule has 0 aliphatic heterocycles. The van der Waals surface area contributed by atoms with Crippen molar-refractivity contribution in [2.75, 3.05) is 38.7 Å². The van der Waals surface area contributed by atoms with Crippen LogP contribution in [-0.2, 0) is 4.74 Å². The maximum atomic E-state index is 13.2. The molecule has 0 bridgehead atoms. The van der Waals surface area contributed by atoms with Gasteiger partial charge in [0.25, 0.3) is 11.8 Å². The summed E-state index contributed by atoms with van der Waals surface area (Å²) in [4.78, 5) is 25.0. The molecule has 6 nitrogen and oxygen atoms in total. The van der Waals surface area contributed by atoms with Gasteiger partial charge in [0.05, 0.1) is 16.5 Å². The van der Waals surface area contributed by atoms with Crippen LogP contribution in [0.3, 0.4) is 0 Å². The second kappa shape index (κ2) is 10.0. The minimum atomic E-state index is -0.473. The Morgan fingerprint density at radius 3 is 2.69 bits per heavy atom. The van der Waals surface area contributed by atoms with Crippen molar-refractivity contribution >= 4 is 28.2 Å². The number of amides is 2. The maximum absolute atomic E-state index is 13.2. The quantitative estimate of drug-likeness (QED) is 0.585. The molecule has 2 rings (SSSR count). The van der Waals surface area contributed by atoms with E-state index >= 15 is 0 Å². The van der Waals surface area contributed by atoms with E-state index in [2.05, 4.69) is 16.0 Å². The van der Waals surface area contributed by atoms with Gasteiger partial charge < -0.3 is 20.7 Å². The SMILES string of the molecule is COCCNCCNC(=O)c1sc(NC(=O)c2cccc(F)c2)cc1C. The van der Waals surface area contributed by atoms with Gasteiger partial charge in [-0.15, -0.1) is 11.3 Å². The monoisotopic (exact) mass is 379 g/mol. The maximum Gasteiger partial charge on any atom is 0.261 e. The van der Waals surface area contributed by atoms with Crippen molar-refractivity contribution in [3.63, 3.8) is 0 Å². The molecule has 1 aromatic carbocycles. The second-order valence-corrected chi connectivity index (χ2v) is 6.64. The minimum Gasteiger partial charge on any atom is -0.383 e. The van der Waals surface area contributed by atoms with Crippen molar-refractivity contribution in [3.8, 4) is 0 Å². The Labute approximate surface area is 155 Å². The van der Waals surface area contributed by atoms with Crippen molar-refractivity contribution in [1.82, 2.24) is 10.6 Å².